The molecule has 1 aromatic heterocycles. The van der Waals surface area contributed by atoms with Gasteiger partial charge in [0, 0.05) is 19.5 Å². The van der Waals surface area contributed by atoms with E-state index in [0.29, 0.717) is 24.0 Å². The van der Waals surface area contributed by atoms with Crippen molar-refractivity contribution in [3.63, 3.8) is 0 Å². The van der Waals surface area contributed by atoms with Gasteiger partial charge in [0.05, 0.1) is 11.9 Å². The summed E-state index contributed by atoms with van der Waals surface area (Å²) in [5.74, 6) is 0.142. The highest BCUT2D eigenvalue weighted by Gasteiger charge is 2.19. The number of anilines is 1. The van der Waals surface area contributed by atoms with Gasteiger partial charge in [-0.25, -0.2) is 14.4 Å². The van der Waals surface area contributed by atoms with Gasteiger partial charge in [-0.3, -0.25) is 4.79 Å². The Kier molecular flexibility index (Phi) is 8.32. The zero-order valence-corrected chi connectivity index (χ0v) is 17.1. The lowest BCUT2D eigenvalue weighted by molar-refractivity contribution is 0.0957. The summed E-state index contributed by atoms with van der Waals surface area (Å²) in [7, 11) is 3.68. The molecule has 0 atom stereocenters. The monoisotopic (exact) mass is 387 g/mol. The third kappa shape index (κ3) is 5.99. The van der Waals surface area contributed by atoms with Gasteiger partial charge in [-0.2, -0.15) is 0 Å². The Balaban J connectivity index is 0.00000136. The van der Waals surface area contributed by atoms with Crippen LogP contribution in [0, 0.1) is 5.82 Å². The van der Waals surface area contributed by atoms with Gasteiger partial charge in [0.1, 0.15) is 17.3 Å². The zero-order valence-electron chi connectivity index (χ0n) is 17.1. The van der Waals surface area contributed by atoms with E-state index in [1.165, 1.54) is 18.3 Å². The molecular formula is C21H30FN5O. The van der Waals surface area contributed by atoms with E-state index in [4.69, 9.17) is 0 Å². The van der Waals surface area contributed by atoms with Crippen LogP contribution in [-0.4, -0.2) is 54.0 Å². The van der Waals surface area contributed by atoms with Gasteiger partial charge in [0.15, 0.2) is 0 Å². The number of amides is 1. The number of hydrogen-bond acceptors (Lipinski definition) is 5. The minimum atomic E-state index is -0.274. The molecule has 1 saturated heterocycles. The molecule has 0 bridgehead atoms. The molecule has 7 heteroatoms. The summed E-state index contributed by atoms with van der Waals surface area (Å²) in [5.41, 5.74) is 1.89. The molecule has 1 amide bonds. The van der Waals surface area contributed by atoms with Gasteiger partial charge in [0.2, 0.25) is 0 Å². The van der Waals surface area contributed by atoms with E-state index in [9.17, 15) is 9.18 Å². The highest BCUT2D eigenvalue weighted by atomic mass is 19.1. The molecule has 3 rings (SSSR count). The Morgan fingerprint density at radius 2 is 1.86 bits per heavy atom. The number of carbonyl (C=O) groups is 1. The molecule has 2 aromatic rings. The van der Waals surface area contributed by atoms with Gasteiger partial charge in [-0.1, -0.05) is 26.0 Å². The number of benzene rings is 1. The molecule has 0 spiro atoms. The summed E-state index contributed by atoms with van der Waals surface area (Å²) in [6, 6.07) is 6.63. The number of nitrogens with one attached hydrogen (secondary N) is 2. The normalized spacial score (nSPS) is 14.8. The predicted octanol–water partition coefficient (Wildman–Crippen LogP) is 3.10. The molecule has 0 radical (unpaired) electrons. The largest absolute Gasteiger partial charge is 0.366 e. The number of hydrogen-bond donors (Lipinski definition) is 2. The van der Waals surface area contributed by atoms with E-state index in [1.54, 1.807) is 19.2 Å². The fourth-order valence-electron chi connectivity index (χ4n) is 3.05. The first-order valence-corrected chi connectivity index (χ1v) is 9.82. The molecule has 0 aliphatic carbocycles. The maximum atomic E-state index is 13.2. The van der Waals surface area contributed by atoms with E-state index in [1.807, 2.05) is 13.8 Å². The van der Waals surface area contributed by atoms with Gasteiger partial charge < -0.3 is 15.5 Å². The molecular weight excluding hydrogens is 357 g/mol. The summed E-state index contributed by atoms with van der Waals surface area (Å²) in [6.45, 7) is 6.07. The first kappa shape index (κ1) is 21.8. The number of aromatic nitrogens is 2. The molecule has 1 aliphatic heterocycles. The second-order valence-corrected chi connectivity index (χ2v) is 6.65. The summed E-state index contributed by atoms with van der Waals surface area (Å²) < 4.78 is 13.2. The summed E-state index contributed by atoms with van der Waals surface area (Å²) in [5, 5.41) is 6.05. The van der Waals surface area contributed by atoms with Crippen molar-refractivity contribution in [2.75, 3.05) is 32.5 Å². The van der Waals surface area contributed by atoms with Crippen molar-refractivity contribution in [3.8, 4) is 0 Å². The lowest BCUT2D eigenvalue weighted by atomic mass is 10.0. The third-order valence-electron chi connectivity index (χ3n) is 4.65. The van der Waals surface area contributed by atoms with Crippen LogP contribution in [0.25, 0.3) is 0 Å². The maximum Gasteiger partial charge on any atom is 0.271 e. The quantitative estimate of drug-likeness (QED) is 0.825. The van der Waals surface area contributed by atoms with Crippen molar-refractivity contribution in [1.82, 2.24) is 20.2 Å². The van der Waals surface area contributed by atoms with E-state index in [-0.39, 0.29) is 17.4 Å². The smallest absolute Gasteiger partial charge is 0.271 e. The number of likely N-dealkylation sites (tertiary alicyclic amines) is 1. The maximum absolute atomic E-state index is 13.2. The minimum absolute atomic E-state index is 0.274. The molecule has 1 aliphatic rings. The molecule has 0 unspecified atom stereocenters. The van der Waals surface area contributed by atoms with Crippen LogP contribution in [-0.2, 0) is 6.42 Å². The van der Waals surface area contributed by atoms with Crippen LogP contribution >= 0.6 is 0 Å². The molecule has 1 fully saturated rings. The van der Waals surface area contributed by atoms with Gasteiger partial charge in [0.25, 0.3) is 5.91 Å². The number of halogens is 1. The number of nitrogens with zero attached hydrogens (tertiary/aromatic N) is 3. The van der Waals surface area contributed by atoms with E-state index in [0.717, 1.165) is 31.5 Å². The van der Waals surface area contributed by atoms with Crippen LogP contribution in [0.3, 0.4) is 0 Å². The molecule has 2 N–H and O–H groups in total. The summed E-state index contributed by atoms with van der Waals surface area (Å²) in [6.07, 6.45) is 4.04. The van der Waals surface area contributed by atoms with Crippen molar-refractivity contribution >= 4 is 11.7 Å². The van der Waals surface area contributed by atoms with E-state index < -0.39 is 0 Å². The van der Waals surface area contributed by atoms with Crippen molar-refractivity contribution in [2.45, 2.75) is 39.2 Å². The Bertz CT molecular complexity index is 758. The second kappa shape index (κ2) is 10.7. The van der Waals surface area contributed by atoms with Crippen LogP contribution in [0.1, 0.15) is 48.4 Å². The van der Waals surface area contributed by atoms with E-state index in [2.05, 4.69) is 32.5 Å². The Hall–Kier alpha value is -2.54. The summed E-state index contributed by atoms with van der Waals surface area (Å²) >= 11 is 0. The van der Waals surface area contributed by atoms with Crippen LogP contribution in [0.15, 0.2) is 30.5 Å². The fraction of sp³-hybridized carbons (Fsp3) is 0.476. The van der Waals surface area contributed by atoms with Gasteiger partial charge in [-0.05, 0) is 50.7 Å². The van der Waals surface area contributed by atoms with E-state index >= 15 is 0 Å². The minimum Gasteiger partial charge on any atom is -0.366 e. The average Bonchev–Trinajstić information content (AvgIpc) is 2.73. The molecule has 0 saturated carbocycles. The highest BCUT2D eigenvalue weighted by molar-refractivity contribution is 5.91. The lowest BCUT2D eigenvalue weighted by Gasteiger charge is -2.30. The van der Waals surface area contributed by atoms with Crippen LogP contribution in [0.5, 0.6) is 0 Å². The Labute approximate surface area is 166 Å². The third-order valence-corrected chi connectivity index (χ3v) is 4.65. The van der Waals surface area contributed by atoms with Gasteiger partial charge in [-0.15, -0.1) is 0 Å². The molecule has 2 heterocycles. The van der Waals surface area contributed by atoms with Crippen LogP contribution < -0.4 is 10.6 Å². The second-order valence-electron chi connectivity index (χ2n) is 6.65. The first-order valence-electron chi connectivity index (χ1n) is 9.82. The average molecular weight is 388 g/mol. The van der Waals surface area contributed by atoms with Crippen molar-refractivity contribution in [3.05, 3.63) is 53.2 Å². The fourth-order valence-corrected chi connectivity index (χ4v) is 3.05. The molecule has 28 heavy (non-hydrogen) atoms. The van der Waals surface area contributed by atoms with Crippen molar-refractivity contribution in [1.29, 1.82) is 0 Å². The van der Waals surface area contributed by atoms with Crippen LogP contribution in [0.2, 0.25) is 0 Å². The molecule has 6 nitrogen and oxygen atoms in total. The number of rotatable bonds is 5. The standard InChI is InChI=1S/C19H24FN5O.C2H6/c1-21-19(26)17-12-22-18(23-15-7-9-25(2)10-8-15)16(24-17)11-13-3-5-14(20)6-4-13;1-2/h3-6,12,15H,7-11H2,1-2H3,(H,21,26)(H,22,23);1-2H3. The topological polar surface area (TPSA) is 70.2 Å². The Morgan fingerprint density at radius 3 is 2.46 bits per heavy atom. The number of piperidine rings is 1. The SMILES string of the molecule is CC.CNC(=O)c1cnc(NC2CCN(C)CC2)c(Cc2ccc(F)cc2)n1. The lowest BCUT2D eigenvalue weighted by Crippen LogP contribution is -2.37. The van der Waals surface area contributed by atoms with Crippen molar-refractivity contribution < 1.29 is 9.18 Å². The molecule has 152 valence electrons. The number of carbonyl (C=O) groups excluding carboxylic acids is 1. The highest BCUT2D eigenvalue weighted by Crippen LogP contribution is 2.20. The van der Waals surface area contributed by atoms with Crippen molar-refractivity contribution in [2.24, 2.45) is 0 Å². The predicted molar refractivity (Wildman–Crippen MR) is 110 cm³/mol. The van der Waals surface area contributed by atoms with Crippen LogP contribution in [0.4, 0.5) is 10.2 Å². The Morgan fingerprint density at radius 1 is 1.21 bits per heavy atom. The molecule has 1 aromatic carbocycles. The van der Waals surface area contributed by atoms with Gasteiger partial charge >= 0.3 is 0 Å². The first-order chi connectivity index (χ1) is 13.5. The summed E-state index contributed by atoms with van der Waals surface area (Å²) in [4.78, 5) is 23.2. The zero-order chi connectivity index (χ0) is 20.5.